The Morgan fingerprint density at radius 2 is 1.74 bits per heavy atom. The summed E-state index contributed by atoms with van der Waals surface area (Å²) in [6, 6.07) is 8.81. The highest BCUT2D eigenvalue weighted by Crippen LogP contribution is 2.38. The van der Waals surface area contributed by atoms with Crippen LogP contribution >= 0.6 is 23.2 Å². The number of rotatable bonds is 7. The average Bonchev–Trinajstić information content (AvgIpc) is 2.64. The number of benzene rings is 2. The molecule has 1 unspecified atom stereocenters. The topological polar surface area (TPSA) is 52.6 Å². The highest BCUT2D eigenvalue weighted by atomic mass is 35.5. The molecule has 0 aliphatic heterocycles. The summed E-state index contributed by atoms with van der Waals surface area (Å²) in [4.78, 5) is 24.0. The van der Waals surface area contributed by atoms with E-state index in [9.17, 15) is 9.59 Å². The minimum Gasteiger partial charge on any atom is -0.449 e. The Morgan fingerprint density at radius 1 is 1.07 bits per heavy atom. The maximum Gasteiger partial charge on any atom is 0.311 e. The molecule has 0 saturated heterocycles. The van der Waals surface area contributed by atoms with Crippen molar-refractivity contribution >= 4 is 45.9 Å². The van der Waals surface area contributed by atoms with E-state index < -0.39 is 12.1 Å². The van der Waals surface area contributed by atoms with E-state index >= 15 is 0 Å². The zero-order valence-corrected chi connectivity index (χ0v) is 16.7. The largest absolute Gasteiger partial charge is 0.449 e. The van der Waals surface area contributed by atoms with Gasteiger partial charge in [-0.05, 0) is 25.8 Å². The molecule has 0 aliphatic carbocycles. The number of fused-ring (bicyclic) bond motifs is 1. The molecule has 0 spiro atoms. The molecule has 4 nitrogen and oxygen atoms in total. The molecule has 6 heteroatoms. The molecular weight excluding hydrogens is 387 g/mol. The molecule has 0 fully saturated rings. The fourth-order valence-corrected chi connectivity index (χ4v) is 3.09. The van der Waals surface area contributed by atoms with Gasteiger partial charge in [0.25, 0.3) is 0 Å². The van der Waals surface area contributed by atoms with Crippen LogP contribution in [0.15, 0.2) is 30.3 Å². The van der Waals surface area contributed by atoms with E-state index in [4.69, 9.17) is 32.7 Å². The van der Waals surface area contributed by atoms with Gasteiger partial charge in [0.05, 0.1) is 10.0 Å². The van der Waals surface area contributed by atoms with Crippen molar-refractivity contribution in [3.8, 4) is 17.6 Å². The summed E-state index contributed by atoms with van der Waals surface area (Å²) in [6.07, 6.45) is 0.715. The highest BCUT2D eigenvalue weighted by Gasteiger charge is 2.16. The van der Waals surface area contributed by atoms with Gasteiger partial charge in [-0.3, -0.25) is 9.59 Å². The lowest BCUT2D eigenvalue weighted by atomic mass is 10.1. The zero-order valence-electron chi connectivity index (χ0n) is 15.2. The molecular formula is C21H20Cl2O4. The van der Waals surface area contributed by atoms with Crippen LogP contribution in [0.4, 0.5) is 0 Å². The quantitative estimate of drug-likeness (QED) is 0.342. The lowest BCUT2D eigenvalue weighted by molar-refractivity contribution is -0.146. The monoisotopic (exact) mass is 406 g/mol. The first-order valence-corrected chi connectivity index (χ1v) is 9.41. The van der Waals surface area contributed by atoms with Crippen molar-refractivity contribution in [3.63, 3.8) is 0 Å². The van der Waals surface area contributed by atoms with Crippen LogP contribution in [0.1, 0.15) is 39.5 Å². The van der Waals surface area contributed by atoms with Crippen LogP contribution in [0.3, 0.4) is 0 Å². The Morgan fingerprint density at radius 3 is 2.41 bits per heavy atom. The molecule has 0 aromatic heterocycles. The van der Waals surface area contributed by atoms with Gasteiger partial charge in [0.15, 0.2) is 11.9 Å². The molecule has 0 N–H and O–H groups in total. The minimum absolute atomic E-state index is 0.0681. The lowest BCUT2D eigenvalue weighted by Gasteiger charge is -2.12. The van der Waals surface area contributed by atoms with E-state index in [1.54, 1.807) is 19.1 Å². The molecule has 0 aliphatic rings. The third-order valence-electron chi connectivity index (χ3n) is 3.83. The van der Waals surface area contributed by atoms with Gasteiger partial charge in [0.2, 0.25) is 0 Å². The third kappa shape index (κ3) is 5.89. The van der Waals surface area contributed by atoms with E-state index in [-0.39, 0.29) is 29.6 Å². The van der Waals surface area contributed by atoms with E-state index in [0.717, 1.165) is 5.39 Å². The van der Waals surface area contributed by atoms with Gasteiger partial charge >= 0.3 is 11.9 Å². The van der Waals surface area contributed by atoms with Crippen molar-refractivity contribution < 1.29 is 19.1 Å². The van der Waals surface area contributed by atoms with Crippen LogP contribution < -0.4 is 4.74 Å². The highest BCUT2D eigenvalue weighted by molar-refractivity contribution is 6.40. The van der Waals surface area contributed by atoms with Gasteiger partial charge in [-0.15, -0.1) is 5.92 Å². The fraction of sp³-hybridized carbons (Fsp3) is 0.333. The molecule has 0 saturated carbocycles. The molecule has 142 valence electrons. The minimum atomic E-state index is -0.474. The maximum absolute atomic E-state index is 12.2. The van der Waals surface area contributed by atoms with E-state index in [1.807, 2.05) is 25.1 Å². The molecule has 27 heavy (non-hydrogen) atoms. The van der Waals surface area contributed by atoms with E-state index in [0.29, 0.717) is 23.3 Å². The average molecular weight is 407 g/mol. The zero-order chi connectivity index (χ0) is 19.8. The molecule has 0 bridgehead atoms. The van der Waals surface area contributed by atoms with Crippen molar-refractivity contribution in [2.24, 2.45) is 0 Å². The summed E-state index contributed by atoms with van der Waals surface area (Å²) < 4.78 is 10.7. The Labute approximate surface area is 168 Å². The predicted molar refractivity (Wildman–Crippen MR) is 107 cm³/mol. The van der Waals surface area contributed by atoms with Crippen LogP contribution in [0, 0.1) is 11.8 Å². The summed E-state index contributed by atoms with van der Waals surface area (Å²) in [5.41, 5.74) is 0. The number of hydrogen-bond acceptors (Lipinski definition) is 4. The van der Waals surface area contributed by atoms with Crippen LogP contribution in [-0.2, 0) is 14.3 Å². The van der Waals surface area contributed by atoms with E-state index in [1.165, 1.54) is 0 Å². The molecule has 1 atom stereocenters. The van der Waals surface area contributed by atoms with Crippen molar-refractivity contribution in [2.75, 3.05) is 0 Å². The van der Waals surface area contributed by atoms with Gasteiger partial charge in [0.1, 0.15) is 0 Å². The van der Waals surface area contributed by atoms with Crippen molar-refractivity contribution in [3.05, 3.63) is 40.4 Å². The van der Waals surface area contributed by atoms with Crippen molar-refractivity contribution in [1.82, 2.24) is 0 Å². The summed E-state index contributed by atoms with van der Waals surface area (Å²) in [6.45, 7) is 3.58. The first kappa shape index (κ1) is 21.1. The molecule has 2 aromatic carbocycles. The number of halogens is 2. The first-order valence-electron chi connectivity index (χ1n) is 8.65. The first-order chi connectivity index (χ1) is 13.0. The van der Waals surface area contributed by atoms with Gasteiger partial charge in [-0.1, -0.05) is 60.3 Å². The van der Waals surface area contributed by atoms with Crippen molar-refractivity contribution in [1.29, 1.82) is 0 Å². The second kappa shape index (κ2) is 10.2. The number of carbonyl (C=O) groups is 2. The summed E-state index contributed by atoms with van der Waals surface area (Å²) in [7, 11) is 0. The summed E-state index contributed by atoms with van der Waals surface area (Å²) in [5.74, 6) is 4.95. The van der Waals surface area contributed by atoms with Crippen LogP contribution in [0.2, 0.25) is 10.0 Å². The van der Waals surface area contributed by atoms with Gasteiger partial charge in [0, 0.05) is 23.6 Å². The molecule has 0 heterocycles. The van der Waals surface area contributed by atoms with Crippen molar-refractivity contribution in [2.45, 2.75) is 45.6 Å². The van der Waals surface area contributed by atoms with Crippen LogP contribution in [-0.4, -0.2) is 18.0 Å². The molecule has 0 radical (unpaired) electrons. The number of esters is 2. The number of hydrogen-bond donors (Lipinski definition) is 0. The second-order valence-corrected chi connectivity index (χ2v) is 6.64. The van der Waals surface area contributed by atoms with Gasteiger partial charge < -0.3 is 9.47 Å². The Balaban J connectivity index is 1.94. The smallest absolute Gasteiger partial charge is 0.311 e. The molecule has 2 rings (SSSR count). The standard InChI is InChI=1S/C21H20Cl2O4/c1-3-8-14(4-2)26-19(24)11-7-12-20(25)27-21-16-10-6-5-9-15(16)17(22)13-18(21)23/h5-6,9-10,13-14H,4,7,11-12H2,1-2H3. The second-order valence-electron chi connectivity index (χ2n) is 5.82. The predicted octanol–water partition coefficient (Wildman–Crippen LogP) is 5.57. The Kier molecular flexibility index (Phi) is 7.97. The van der Waals surface area contributed by atoms with Gasteiger partial charge in [-0.25, -0.2) is 0 Å². The normalized spacial score (nSPS) is 11.4. The van der Waals surface area contributed by atoms with Crippen LogP contribution in [0.5, 0.6) is 5.75 Å². The van der Waals surface area contributed by atoms with E-state index in [2.05, 4.69) is 11.8 Å². The summed E-state index contributed by atoms with van der Waals surface area (Å²) in [5, 5.41) is 2.15. The Hall–Kier alpha value is -2.22. The number of ether oxygens (including phenoxy) is 2. The summed E-state index contributed by atoms with van der Waals surface area (Å²) >= 11 is 12.4. The Bertz CT molecular complexity index is 896. The SMILES string of the molecule is CC#CC(CC)OC(=O)CCCC(=O)Oc1c(Cl)cc(Cl)c2ccccc12. The maximum atomic E-state index is 12.2. The third-order valence-corrected chi connectivity index (χ3v) is 4.42. The molecule has 0 amide bonds. The van der Waals surface area contributed by atoms with Gasteiger partial charge in [-0.2, -0.15) is 0 Å². The fourth-order valence-electron chi connectivity index (χ4n) is 2.51. The number of carbonyl (C=O) groups excluding carboxylic acids is 2. The molecule has 2 aromatic rings. The lowest BCUT2D eigenvalue weighted by Crippen LogP contribution is -2.16. The van der Waals surface area contributed by atoms with Crippen LogP contribution in [0.25, 0.3) is 10.8 Å².